The van der Waals surface area contributed by atoms with E-state index in [0.29, 0.717) is 0 Å². The second-order valence-electron chi connectivity index (χ2n) is 15.6. The molecule has 61 heavy (non-hydrogen) atoms. The third-order valence-corrected chi connectivity index (χ3v) is 12.1. The fourth-order valence-corrected chi connectivity index (χ4v) is 9.16. The van der Waals surface area contributed by atoms with Crippen molar-refractivity contribution in [3.63, 3.8) is 0 Å². The highest BCUT2D eigenvalue weighted by atomic mass is 16.3. The second kappa shape index (κ2) is 14.3. The lowest BCUT2D eigenvalue weighted by Gasteiger charge is -2.28. The molecule has 3 heteroatoms. The molecule has 0 bridgehead atoms. The van der Waals surface area contributed by atoms with Gasteiger partial charge in [-0.25, -0.2) is 0 Å². The SMILES string of the molecule is c1ccc(-c2cccc3cccc(-c4ccccc4N(c4ccc(-c5ccc6c(c5)oc5ccccc56)cc4)c4ccc(-c5ccc6c(c5)oc5ccccc56)cc4)c23)cc1. The summed E-state index contributed by atoms with van der Waals surface area (Å²) in [5.74, 6) is 0. The first-order valence-electron chi connectivity index (χ1n) is 20.7. The summed E-state index contributed by atoms with van der Waals surface area (Å²) in [6, 6.07) is 80.1. The lowest BCUT2D eigenvalue weighted by Crippen LogP contribution is -2.11. The molecule has 0 atom stereocenters. The van der Waals surface area contributed by atoms with Crippen LogP contribution in [0.3, 0.4) is 0 Å². The molecule has 0 spiro atoms. The zero-order chi connectivity index (χ0) is 40.3. The first-order chi connectivity index (χ1) is 30.2. The summed E-state index contributed by atoms with van der Waals surface area (Å²) in [4.78, 5) is 2.39. The van der Waals surface area contributed by atoms with Crippen molar-refractivity contribution in [2.24, 2.45) is 0 Å². The highest BCUT2D eigenvalue weighted by molar-refractivity contribution is 6.10. The Morgan fingerprint density at radius 1 is 0.279 bits per heavy atom. The van der Waals surface area contributed by atoms with Crippen molar-refractivity contribution in [1.82, 2.24) is 0 Å². The van der Waals surface area contributed by atoms with Gasteiger partial charge in [0.1, 0.15) is 22.3 Å². The standard InChI is InChI=1S/C58H37NO2/c1-2-12-40(13-3-1)46-19-10-14-41-15-11-20-52(58(41)46)47-16-4-7-21-53(47)59(44-30-24-38(25-31-44)42-28-34-50-48-17-5-8-22-54(48)60-56(50)36-42)45-32-26-39(27-33-45)43-29-35-51-49-18-6-9-23-55(49)61-57(51)37-43/h1-37H. The quantitative estimate of drug-likeness (QED) is 0.161. The number of hydrogen-bond donors (Lipinski definition) is 0. The van der Waals surface area contributed by atoms with E-state index in [1.54, 1.807) is 0 Å². The summed E-state index contributed by atoms with van der Waals surface area (Å²) >= 11 is 0. The number of hydrogen-bond acceptors (Lipinski definition) is 3. The molecule has 0 aliphatic rings. The summed E-state index contributed by atoms with van der Waals surface area (Å²) in [6.07, 6.45) is 0. The van der Waals surface area contributed by atoms with Crippen molar-refractivity contribution in [3.8, 4) is 44.5 Å². The van der Waals surface area contributed by atoms with Gasteiger partial charge in [-0.2, -0.15) is 0 Å². The first-order valence-corrected chi connectivity index (χ1v) is 20.7. The zero-order valence-corrected chi connectivity index (χ0v) is 33.1. The monoisotopic (exact) mass is 779 g/mol. The molecule has 0 saturated carbocycles. The number of anilines is 3. The minimum Gasteiger partial charge on any atom is -0.456 e. The largest absolute Gasteiger partial charge is 0.456 e. The van der Waals surface area contributed by atoms with Crippen LogP contribution in [0.25, 0.3) is 99.2 Å². The smallest absolute Gasteiger partial charge is 0.136 e. The van der Waals surface area contributed by atoms with Gasteiger partial charge in [0.05, 0.1) is 5.69 Å². The Hall–Kier alpha value is -8.14. The van der Waals surface area contributed by atoms with Crippen LogP contribution in [0.1, 0.15) is 0 Å². The van der Waals surface area contributed by atoms with Crippen molar-refractivity contribution < 1.29 is 8.83 Å². The Labute approximate surface area is 353 Å². The predicted molar refractivity (Wildman–Crippen MR) is 255 cm³/mol. The molecule has 0 fully saturated rings. The van der Waals surface area contributed by atoms with Gasteiger partial charge in [0, 0.05) is 38.5 Å². The van der Waals surface area contributed by atoms with Gasteiger partial charge in [-0.3, -0.25) is 0 Å². The molecule has 2 aromatic heterocycles. The molecule has 0 radical (unpaired) electrons. The molecule has 10 aromatic carbocycles. The topological polar surface area (TPSA) is 29.5 Å². The van der Waals surface area contributed by atoms with E-state index in [1.165, 1.54) is 27.5 Å². The highest BCUT2D eigenvalue weighted by Crippen LogP contribution is 2.45. The van der Waals surface area contributed by atoms with Crippen LogP contribution < -0.4 is 4.90 Å². The number of rotatable bonds is 7. The van der Waals surface area contributed by atoms with Crippen molar-refractivity contribution in [2.45, 2.75) is 0 Å². The van der Waals surface area contributed by atoms with Crippen molar-refractivity contribution in [2.75, 3.05) is 4.90 Å². The Morgan fingerprint density at radius 3 is 1.33 bits per heavy atom. The number of nitrogens with zero attached hydrogens (tertiary/aromatic N) is 1. The van der Waals surface area contributed by atoms with Gasteiger partial charge >= 0.3 is 0 Å². The fourth-order valence-electron chi connectivity index (χ4n) is 9.16. The predicted octanol–water partition coefficient (Wildman–Crippen LogP) is 16.8. The van der Waals surface area contributed by atoms with Crippen molar-refractivity contribution in [3.05, 3.63) is 224 Å². The van der Waals surface area contributed by atoms with Gasteiger partial charge in [0.25, 0.3) is 0 Å². The lowest BCUT2D eigenvalue weighted by atomic mass is 9.90. The Kier molecular flexibility index (Phi) is 8.17. The maximum atomic E-state index is 6.28. The molecule has 286 valence electrons. The Morgan fingerprint density at radius 2 is 0.738 bits per heavy atom. The third-order valence-electron chi connectivity index (χ3n) is 12.1. The average molecular weight is 780 g/mol. The van der Waals surface area contributed by atoms with E-state index in [-0.39, 0.29) is 0 Å². The Bertz CT molecular complexity index is 3420. The average Bonchev–Trinajstić information content (AvgIpc) is 3.90. The van der Waals surface area contributed by atoms with Crippen molar-refractivity contribution in [1.29, 1.82) is 0 Å². The summed E-state index contributed by atoms with van der Waals surface area (Å²) < 4.78 is 12.6. The number of benzene rings is 10. The second-order valence-corrected chi connectivity index (χ2v) is 15.6. The van der Waals surface area contributed by atoms with Crippen molar-refractivity contribution >= 4 is 71.7 Å². The molecule has 0 saturated heterocycles. The van der Waals surface area contributed by atoms with Gasteiger partial charge in [-0.05, 0) is 116 Å². The van der Waals surface area contributed by atoms with Crippen LogP contribution in [0.4, 0.5) is 17.1 Å². The highest BCUT2D eigenvalue weighted by Gasteiger charge is 2.20. The maximum absolute atomic E-state index is 6.28. The molecule has 0 aliphatic carbocycles. The minimum absolute atomic E-state index is 0.892. The van der Waals surface area contributed by atoms with E-state index < -0.39 is 0 Å². The van der Waals surface area contributed by atoms with E-state index in [9.17, 15) is 0 Å². The zero-order valence-electron chi connectivity index (χ0n) is 33.1. The van der Waals surface area contributed by atoms with Gasteiger partial charge in [0.2, 0.25) is 0 Å². The first kappa shape index (κ1) is 34.9. The van der Waals surface area contributed by atoms with Crippen LogP contribution in [0, 0.1) is 0 Å². The van der Waals surface area contributed by atoms with Crippen LogP contribution in [0.2, 0.25) is 0 Å². The summed E-state index contributed by atoms with van der Waals surface area (Å²) in [5.41, 5.74) is 16.0. The molecule has 0 N–H and O–H groups in total. The van der Waals surface area contributed by atoms with E-state index in [0.717, 1.165) is 88.8 Å². The van der Waals surface area contributed by atoms with Gasteiger partial charge in [-0.15, -0.1) is 0 Å². The van der Waals surface area contributed by atoms with Crippen LogP contribution in [-0.4, -0.2) is 0 Å². The molecule has 3 nitrogen and oxygen atoms in total. The van der Waals surface area contributed by atoms with E-state index >= 15 is 0 Å². The molecule has 0 aliphatic heterocycles. The van der Waals surface area contributed by atoms with Gasteiger partial charge < -0.3 is 13.7 Å². The minimum atomic E-state index is 0.892. The molecule has 0 unspecified atom stereocenters. The number of furan rings is 2. The van der Waals surface area contributed by atoms with Crippen LogP contribution >= 0.6 is 0 Å². The van der Waals surface area contributed by atoms with Gasteiger partial charge in [-0.1, -0.05) is 158 Å². The summed E-state index contributed by atoms with van der Waals surface area (Å²) in [5, 5.41) is 6.97. The normalized spacial score (nSPS) is 11.6. The fraction of sp³-hybridized carbons (Fsp3) is 0. The van der Waals surface area contributed by atoms with E-state index in [1.807, 2.05) is 24.3 Å². The van der Waals surface area contributed by atoms with E-state index in [4.69, 9.17) is 8.83 Å². The summed E-state index contributed by atoms with van der Waals surface area (Å²) in [6.45, 7) is 0. The number of para-hydroxylation sites is 3. The van der Waals surface area contributed by atoms with E-state index in [2.05, 4.69) is 205 Å². The van der Waals surface area contributed by atoms with Gasteiger partial charge in [0.15, 0.2) is 0 Å². The molecule has 12 rings (SSSR count). The lowest BCUT2D eigenvalue weighted by molar-refractivity contribution is 0.668. The maximum Gasteiger partial charge on any atom is 0.136 e. The number of fused-ring (bicyclic) bond motifs is 7. The molecular weight excluding hydrogens is 743 g/mol. The van der Waals surface area contributed by atoms with Crippen LogP contribution in [0.15, 0.2) is 233 Å². The Balaban J connectivity index is 0.995. The van der Waals surface area contributed by atoms with Crippen LogP contribution in [0.5, 0.6) is 0 Å². The molecule has 0 amide bonds. The van der Waals surface area contributed by atoms with Crippen LogP contribution in [-0.2, 0) is 0 Å². The molecule has 12 aromatic rings. The third kappa shape index (κ3) is 5.98. The molecular formula is C58H37NO2. The summed E-state index contributed by atoms with van der Waals surface area (Å²) in [7, 11) is 0. The molecule has 2 heterocycles.